The number of hydrogen-bond acceptors (Lipinski definition) is 6. The zero-order valence-electron chi connectivity index (χ0n) is 19.9. The van der Waals surface area contributed by atoms with Gasteiger partial charge in [-0.25, -0.2) is 0 Å². The van der Waals surface area contributed by atoms with Gasteiger partial charge in [0.05, 0.1) is 23.2 Å². The van der Waals surface area contributed by atoms with E-state index >= 15 is 0 Å². The maximum absolute atomic E-state index is 14.0. The largest absolute Gasteiger partial charge is 0.465 e. The van der Waals surface area contributed by atoms with Crippen LogP contribution < -0.4 is 0 Å². The zero-order chi connectivity index (χ0) is 23.8. The van der Waals surface area contributed by atoms with E-state index in [0.717, 1.165) is 19.3 Å². The highest BCUT2D eigenvalue weighted by atomic mass is 32.2. The van der Waals surface area contributed by atoms with Gasteiger partial charge in [0, 0.05) is 30.5 Å². The molecule has 2 fully saturated rings. The Bertz CT molecular complexity index is 858. The van der Waals surface area contributed by atoms with Crippen LogP contribution in [0, 0.1) is 11.8 Å². The predicted molar refractivity (Wildman–Crippen MR) is 127 cm³/mol. The van der Waals surface area contributed by atoms with Crippen LogP contribution in [0.2, 0.25) is 0 Å². The minimum Gasteiger partial charge on any atom is -0.465 e. The van der Waals surface area contributed by atoms with Gasteiger partial charge in [-0.3, -0.25) is 14.4 Å². The third kappa shape index (κ3) is 4.03. The molecular weight excluding hydrogens is 440 g/mol. The van der Waals surface area contributed by atoms with Crippen molar-refractivity contribution in [1.29, 1.82) is 0 Å². The van der Waals surface area contributed by atoms with Crippen LogP contribution in [0.15, 0.2) is 24.3 Å². The van der Waals surface area contributed by atoms with Gasteiger partial charge in [-0.2, -0.15) is 0 Å². The summed E-state index contributed by atoms with van der Waals surface area (Å²) in [5.41, 5.74) is 0. The van der Waals surface area contributed by atoms with Crippen LogP contribution >= 0.6 is 11.8 Å². The SMILES string of the molecule is CC(C)N1CC=C[C@]23S[C@]4(C)/C=C\CCCOC(=O)[C@@H]4[C@H]2C(=O)N(CCCCCO)C3C1=O. The molecule has 0 aromatic heterocycles. The van der Waals surface area contributed by atoms with Crippen LogP contribution in [0.5, 0.6) is 0 Å². The second-order valence-corrected chi connectivity index (χ2v) is 11.8. The van der Waals surface area contributed by atoms with Crippen molar-refractivity contribution >= 4 is 29.5 Å². The molecule has 1 unspecified atom stereocenters. The van der Waals surface area contributed by atoms with Crippen LogP contribution in [0.25, 0.3) is 0 Å². The van der Waals surface area contributed by atoms with E-state index in [1.165, 1.54) is 0 Å². The molecule has 8 heteroatoms. The molecule has 1 N–H and O–H groups in total. The normalized spacial score (nSPS) is 37.1. The maximum atomic E-state index is 14.0. The van der Waals surface area contributed by atoms with Gasteiger partial charge in [-0.15, -0.1) is 11.8 Å². The first kappa shape index (κ1) is 24.3. The van der Waals surface area contributed by atoms with E-state index in [4.69, 9.17) is 9.84 Å². The fourth-order valence-electron chi connectivity index (χ4n) is 5.93. The molecule has 2 saturated heterocycles. The minimum atomic E-state index is -0.809. The fraction of sp³-hybridized carbons (Fsp3) is 0.720. The number of carbonyl (C=O) groups excluding carboxylic acids is 3. The summed E-state index contributed by atoms with van der Waals surface area (Å²) >= 11 is 1.59. The molecule has 0 saturated carbocycles. The Morgan fingerprint density at radius 2 is 1.91 bits per heavy atom. The van der Waals surface area contributed by atoms with Gasteiger partial charge in [-0.05, 0) is 52.9 Å². The first-order chi connectivity index (χ1) is 15.8. The number of aliphatic hydroxyl groups excluding tert-OH is 1. The number of hydrogen-bond donors (Lipinski definition) is 1. The number of allylic oxidation sites excluding steroid dienone is 1. The number of thioether (sulfide) groups is 1. The molecule has 0 bridgehead atoms. The summed E-state index contributed by atoms with van der Waals surface area (Å²) in [4.78, 5) is 44.8. The first-order valence-corrected chi connectivity index (χ1v) is 13.0. The zero-order valence-corrected chi connectivity index (χ0v) is 20.7. The number of unbranched alkanes of at least 4 members (excludes halogenated alkanes) is 2. The van der Waals surface area contributed by atoms with E-state index in [0.29, 0.717) is 32.5 Å². The van der Waals surface area contributed by atoms with Crippen LogP contribution in [-0.4, -0.2) is 80.6 Å². The van der Waals surface area contributed by atoms with Gasteiger partial charge < -0.3 is 19.6 Å². The highest BCUT2D eigenvalue weighted by molar-refractivity contribution is 8.02. The summed E-state index contributed by atoms with van der Waals surface area (Å²) in [6.07, 6.45) is 11.9. The monoisotopic (exact) mass is 476 g/mol. The summed E-state index contributed by atoms with van der Waals surface area (Å²) in [5, 5.41) is 9.15. The van der Waals surface area contributed by atoms with E-state index in [1.807, 2.05) is 37.8 Å². The van der Waals surface area contributed by atoms with Crippen LogP contribution in [-0.2, 0) is 19.1 Å². The molecule has 33 heavy (non-hydrogen) atoms. The average Bonchev–Trinajstić information content (AvgIpc) is 3.10. The number of rotatable bonds is 6. The summed E-state index contributed by atoms with van der Waals surface area (Å²) in [6, 6.07) is -0.643. The van der Waals surface area contributed by atoms with Gasteiger partial charge in [0.2, 0.25) is 11.8 Å². The molecule has 182 valence electrons. The van der Waals surface area contributed by atoms with Gasteiger partial charge in [0.25, 0.3) is 0 Å². The highest BCUT2D eigenvalue weighted by Gasteiger charge is 2.73. The van der Waals surface area contributed by atoms with E-state index in [9.17, 15) is 14.4 Å². The Labute approximate surface area is 200 Å². The van der Waals surface area contributed by atoms with E-state index in [1.54, 1.807) is 16.7 Å². The number of ether oxygens (including phenoxy) is 1. The average molecular weight is 477 g/mol. The highest BCUT2D eigenvalue weighted by Crippen LogP contribution is 2.65. The van der Waals surface area contributed by atoms with Crippen molar-refractivity contribution in [2.45, 2.75) is 74.5 Å². The van der Waals surface area contributed by atoms with Crippen molar-refractivity contribution in [3.8, 4) is 0 Å². The molecule has 2 amide bonds. The molecule has 0 aromatic rings. The standard InChI is InChI=1S/C25H36N2O5S/c1-17(2)26-14-10-12-25-18(19-23(31)32-16-9-4-6-11-24(19,3)33-25)21(29)27(20(25)22(26)30)13-7-5-8-15-28/h6,10-12,17-20,28H,4-5,7-9,13-16H2,1-3H3/b11-6-/t18-,19-,20?,24+,25-/m0/s1. The van der Waals surface area contributed by atoms with Crippen molar-refractivity contribution in [2.24, 2.45) is 11.8 Å². The Kier molecular flexibility index (Phi) is 6.97. The molecular formula is C25H36N2O5S. The second kappa shape index (κ2) is 9.45. The van der Waals surface area contributed by atoms with Crippen molar-refractivity contribution in [1.82, 2.24) is 9.80 Å². The Balaban J connectivity index is 1.80. The predicted octanol–water partition coefficient (Wildman–Crippen LogP) is 2.54. The Hall–Kier alpha value is -1.80. The molecule has 1 spiro atoms. The third-order valence-corrected chi connectivity index (χ3v) is 9.26. The number of fused-ring (bicyclic) bond motifs is 2. The third-order valence-electron chi connectivity index (χ3n) is 7.46. The Morgan fingerprint density at radius 1 is 1.12 bits per heavy atom. The minimum absolute atomic E-state index is 0.00623. The van der Waals surface area contributed by atoms with Gasteiger partial charge in [-0.1, -0.05) is 24.3 Å². The number of likely N-dealkylation sites (tertiary alicyclic amines) is 1. The summed E-state index contributed by atoms with van der Waals surface area (Å²) in [5.74, 6) is -1.79. The molecule has 0 aliphatic carbocycles. The van der Waals surface area contributed by atoms with Gasteiger partial charge >= 0.3 is 5.97 Å². The lowest BCUT2D eigenvalue weighted by molar-refractivity contribution is -0.154. The molecule has 0 aromatic carbocycles. The van der Waals surface area contributed by atoms with Crippen molar-refractivity contribution in [3.63, 3.8) is 0 Å². The molecule has 4 aliphatic heterocycles. The van der Waals surface area contributed by atoms with Gasteiger partial charge in [0.15, 0.2) is 0 Å². The van der Waals surface area contributed by atoms with Crippen molar-refractivity contribution in [2.75, 3.05) is 26.3 Å². The lowest BCUT2D eigenvalue weighted by Gasteiger charge is -2.37. The quantitative estimate of drug-likeness (QED) is 0.360. The van der Waals surface area contributed by atoms with Crippen LogP contribution in [0.1, 0.15) is 52.9 Å². The van der Waals surface area contributed by atoms with E-state index < -0.39 is 27.4 Å². The number of nitrogens with zero attached hydrogens (tertiary/aromatic N) is 2. The number of amides is 2. The summed E-state index contributed by atoms with van der Waals surface area (Å²) in [6.45, 7) is 7.39. The lowest BCUT2D eigenvalue weighted by Crippen LogP contribution is -2.54. The molecule has 7 nitrogen and oxygen atoms in total. The lowest BCUT2D eigenvalue weighted by atomic mass is 9.74. The van der Waals surface area contributed by atoms with E-state index in [-0.39, 0.29) is 30.4 Å². The maximum Gasteiger partial charge on any atom is 0.311 e. The topological polar surface area (TPSA) is 87.2 Å². The molecule has 4 rings (SSSR count). The van der Waals surface area contributed by atoms with Crippen molar-refractivity contribution in [3.05, 3.63) is 24.3 Å². The smallest absolute Gasteiger partial charge is 0.311 e. The number of aliphatic hydroxyl groups is 1. The van der Waals surface area contributed by atoms with E-state index in [2.05, 4.69) is 12.2 Å². The summed E-state index contributed by atoms with van der Waals surface area (Å²) < 4.78 is 4.20. The Morgan fingerprint density at radius 3 is 2.64 bits per heavy atom. The molecule has 5 atom stereocenters. The van der Waals surface area contributed by atoms with Crippen LogP contribution in [0.4, 0.5) is 0 Å². The first-order valence-electron chi connectivity index (χ1n) is 12.2. The molecule has 4 aliphatic rings. The summed E-state index contributed by atoms with van der Waals surface area (Å²) in [7, 11) is 0. The molecule has 4 heterocycles. The van der Waals surface area contributed by atoms with Gasteiger partial charge in [0.1, 0.15) is 6.04 Å². The number of carbonyl (C=O) groups is 3. The number of esters is 1. The fourth-order valence-corrected chi connectivity index (χ4v) is 8.08. The number of cyclic esters (lactones) is 1. The second-order valence-electron chi connectivity index (χ2n) is 10.0. The van der Waals surface area contributed by atoms with Crippen molar-refractivity contribution < 1.29 is 24.2 Å². The van der Waals surface area contributed by atoms with Crippen LogP contribution in [0.3, 0.4) is 0 Å². The molecule has 0 radical (unpaired) electrons.